The van der Waals surface area contributed by atoms with Gasteiger partial charge in [0, 0.05) is 12.6 Å². The average Bonchev–Trinajstić information content (AvgIpc) is 2.93. The number of carbonyl (C=O) groups excluding carboxylic acids is 1. The fourth-order valence-electron chi connectivity index (χ4n) is 2.39. The summed E-state index contributed by atoms with van der Waals surface area (Å²) in [6.45, 7) is 4.29. The summed E-state index contributed by atoms with van der Waals surface area (Å²) in [4.78, 5) is 12.1. The van der Waals surface area contributed by atoms with Crippen LogP contribution in [0.1, 0.15) is 36.5 Å². The molecule has 2 N–H and O–H groups in total. The standard InChI is InChI=1S/C15H22N2O2/c1-2-19-14-8-4-3-7-13(14)15(18)17-11-9-12-6-5-10-16-12/h3-4,7-8,12,16H,2,5-6,9-11H2,1H3,(H,17,18). The van der Waals surface area contributed by atoms with Crippen molar-refractivity contribution in [2.24, 2.45) is 0 Å². The van der Waals surface area contributed by atoms with Gasteiger partial charge in [-0.1, -0.05) is 12.1 Å². The van der Waals surface area contributed by atoms with Gasteiger partial charge in [-0.05, 0) is 44.9 Å². The lowest BCUT2D eigenvalue weighted by molar-refractivity contribution is 0.0948. The van der Waals surface area contributed by atoms with E-state index < -0.39 is 0 Å². The van der Waals surface area contributed by atoms with Gasteiger partial charge >= 0.3 is 0 Å². The van der Waals surface area contributed by atoms with Crippen LogP contribution in [-0.2, 0) is 0 Å². The van der Waals surface area contributed by atoms with E-state index in [0.717, 1.165) is 13.0 Å². The number of nitrogens with one attached hydrogen (secondary N) is 2. The Hall–Kier alpha value is -1.55. The SMILES string of the molecule is CCOc1ccccc1C(=O)NCCC1CCCN1. The normalized spacial score (nSPS) is 18.3. The maximum absolute atomic E-state index is 12.1. The fourth-order valence-corrected chi connectivity index (χ4v) is 2.39. The van der Waals surface area contributed by atoms with Crippen molar-refractivity contribution in [2.45, 2.75) is 32.2 Å². The molecule has 1 aromatic carbocycles. The van der Waals surface area contributed by atoms with E-state index >= 15 is 0 Å². The Bertz CT molecular complexity index is 414. The van der Waals surface area contributed by atoms with Crippen LogP contribution >= 0.6 is 0 Å². The molecule has 0 radical (unpaired) electrons. The molecule has 1 aliphatic heterocycles. The quantitative estimate of drug-likeness (QED) is 0.824. The lowest BCUT2D eigenvalue weighted by Gasteiger charge is -2.12. The smallest absolute Gasteiger partial charge is 0.255 e. The largest absolute Gasteiger partial charge is 0.493 e. The van der Waals surface area contributed by atoms with Gasteiger partial charge in [0.15, 0.2) is 0 Å². The molecule has 1 unspecified atom stereocenters. The summed E-state index contributed by atoms with van der Waals surface area (Å²) in [5.41, 5.74) is 0.615. The zero-order chi connectivity index (χ0) is 13.5. The molecule has 1 heterocycles. The molecule has 4 heteroatoms. The van der Waals surface area contributed by atoms with Crippen LogP contribution in [0.2, 0.25) is 0 Å². The van der Waals surface area contributed by atoms with Crippen LogP contribution in [0, 0.1) is 0 Å². The summed E-state index contributed by atoms with van der Waals surface area (Å²) in [5.74, 6) is 0.600. The van der Waals surface area contributed by atoms with Crippen molar-refractivity contribution in [3.63, 3.8) is 0 Å². The number of rotatable bonds is 6. The van der Waals surface area contributed by atoms with Crippen molar-refractivity contribution in [3.8, 4) is 5.75 Å². The van der Waals surface area contributed by atoms with E-state index in [-0.39, 0.29) is 5.91 Å². The van der Waals surface area contributed by atoms with Crippen LogP contribution in [-0.4, -0.2) is 31.6 Å². The van der Waals surface area contributed by atoms with Gasteiger partial charge < -0.3 is 15.4 Å². The third kappa shape index (κ3) is 3.96. The summed E-state index contributed by atoms with van der Waals surface area (Å²) in [6, 6.07) is 7.92. The van der Waals surface area contributed by atoms with Gasteiger partial charge in [0.2, 0.25) is 0 Å². The molecule has 0 spiro atoms. The first-order chi connectivity index (χ1) is 9.31. The highest BCUT2D eigenvalue weighted by atomic mass is 16.5. The summed E-state index contributed by atoms with van der Waals surface area (Å²) in [5, 5.41) is 6.39. The van der Waals surface area contributed by atoms with Crippen LogP contribution in [0.4, 0.5) is 0 Å². The molecule has 0 bridgehead atoms. The van der Waals surface area contributed by atoms with E-state index in [1.165, 1.54) is 12.8 Å². The molecular formula is C15H22N2O2. The predicted octanol–water partition coefficient (Wildman–Crippen LogP) is 1.96. The molecule has 1 fully saturated rings. The molecule has 1 atom stereocenters. The first-order valence-electron chi connectivity index (χ1n) is 7.04. The molecule has 1 aromatic rings. The zero-order valence-corrected chi connectivity index (χ0v) is 11.4. The maximum Gasteiger partial charge on any atom is 0.255 e. The lowest BCUT2D eigenvalue weighted by Crippen LogP contribution is -2.30. The highest BCUT2D eigenvalue weighted by Gasteiger charge is 2.15. The molecule has 1 saturated heterocycles. The average molecular weight is 262 g/mol. The molecule has 0 aromatic heterocycles. The molecule has 4 nitrogen and oxygen atoms in total. The topological polar surface area (TPSA) is 50.4 Å². The van der Waals surface area contributed by atoms with Crippen LogP contribution in [0.3, 0.4) is 0 Å². The Morgan fingerprint density at radius 3 is 3.05 bits per heavy atom. The van der Waals surface area contributed by atoms with Gasteiger partial charge in [-0.15, -0.1) is 0 Å². The first kappa shape index (κ1) is 13.9. The number of hydrogen-bond acceptors (Lipinski definition) is 3. The molecule has 104 valence electrons. The van der Waals surface area contributed by atoms with E-state index in [9.17, 15) is 4.79 Å². The van der Waals surface area contributed by atoms with Crippen molar-refractivity contribution in [1.82, 2.24) is 10.6 Å². The predicted molar refractivity (Wildman–Crippen MR) is 75.6 cm³/mol. The monoisotopic (exact) mass is 262 g/mol. The van der Waals surface area contributed by atoms with Crippen LogP contribution in [0.5, 0.6) is 5.75 Å². The zero-order valence-electron chi connectivity index (χ0n) is 11.4. The Morgan fingerprint density at radius 2 is 2.32 bits per heavy atom. The second-order valence-corrected chi connectivity index (χ2v) is 4.77. The molecule has 0 aliphatic carbocycles. The Kier molecular flexibility index (Phi) is 5.21. The first-order valence-corrected chi connectivity index (χ1v) is 7.04. The van der Waals surface area contributed by atoms with E-state index in [4.69, 9.17) is 4.74 Å². The molecule has 1 aliphatic rings. The number of carbonyl (C=O) groups is 1. The van der Waals surface area contributed by atoms with Gasteiger partial charge in [0.25, 0.3) is 5.91 Å². The molecule has 2 rings (SSSR count). The van der Waals surface area contributed by atoms with E-state index in [1.807, 2.05) is 25.1 Å². The second-order valence-electron chi connectivity index (χ2n) is 4.77. The summed E-state index contributed by atoms with van der Waals surface area (Å²) >= 11 is 0. The van der Waals surface area contributed by atoms with Crippen molar-refractivity contribution in [3.05, 3.63) is 29.8 Å². The van der Waals surface area contributed by atoms with E-state index in [2.05, 4.69) is 10.6 Å². The third-order valence-corrected chi connectivity index (χ3v) is 3.37. The molecule has 0 saturated carbocycles. The highest BCUT2D eigenvalue weighted by Crippen LogP contribution is 2.17. The van der Waals surface area contributed by atoms with E-state index in [0.29, 0.717) is 30.5 Å². The Morgan fingerprint density at radius 1 is 1.47 bits per heavy atom. The number of hydrogen-bond donors (Lipinski definition) is 2. The van der Waals surface area contributed by atoms with Crippen LogP contribution < -0.4 is 15.4 Å². The van der Waals surface area contributed by atoms with E-state index in [1.54, 1.807) is 6.07 Å². The number of ether oxygens (including phenoxy) is 1. The van der Waals surface area contributed by atoms with Gasteiger partial charge in [0.1, 0.15) is 5.75 Å². The molecule has 19 heavy (non-hydrogen) atoms. The second kappa shape index (κ2) is 7.14. The fraction of sp³-hybridized carbons (Fsp3) is 0.533. The summed E-state index contributed by atoms with van der Waals surface area (Å²) < 4.78 is 5.46. The minimum atomic E-state index is -0.0537. The van der Waals surface area contributed by atoms with Crippen LogP contribution in [0.15, 0.2) is 24.3 Å². The van der Waals surface area contributed by atoms with Gasteiger partial charge in [-0.2, -0.15) is 0 Å². The van der Waals surface area contributed by atoms with Crippen molar-refractivity contribution < 1.29 is 9.53 Å². The summed E-state index contributed by atoms with van der Waals surface area (Å²) in [7, 11) is 0. The molecular weight excluding hydrogens is 240 g/mol. The Labute approximate surface area is 114 Å². The van der Waals surface area contributed by atoms with Crippen molar-refractivity contribution in [2.75, 3.05) is 19.7 Å². The number of para-hydroxylation sites is 1. The van der Waals surface area contributed by atoms with Crippen molar-refractivity contribution in [1.29, 1.82) is 0 Å². The maximum atomic E-state index is 12.1. The number of amides is 1. The van der Waals surface area contributed by atoms with Gasteiger partial charge in [-0.25, -0.2) is 0 Å². The van der Waals surface area contributed by atoms with Crippen molar-refractivity contribution >= 4 is 5.91 Å². The summed E-state index contributed by atoms with van der Waals surface area (Å²) in [6.07, 6.45) is 3.44. The lowest BCUT2D eigenvalue weighted by atomic mass is 10.1. The highest BCUT2D eigenvalue weighted by molar-refractivity contribution is 5.96. The Balaban J connectivity index is 1.84. The third-order valence-electron chi connectivity index (χ3n) is 3.37. The minimum absolute atomic E-state index is 0.0537. The van der Waals surface area contributed by atoms with Crippen LogP contribution in [0.25, 0.3) is 0 Å². The van der Waals surface area contributed by atoms with Gasteiger partial charge in [0.05, 0.1) is 12.2 Å². The van der Waals surface area contributed by atoms with Gasteiger partial charge in [-0.3, -0.25) is 4.79 Å². The minimum Gasteiger partial charge on any atom is -0.493 e. The molecule has 1 amide bonds. The number of benzene rings is 1.